The first-order chi connectivity index (χ1) is 10.5. The Hall–Kier alpha value is -1.16. The Balaban J connectivity index is 2.56. The molecule has 4 heteroatoms. The largest absolute Gasteiger partial charge is 0.511 e. The minimum absolute atomic E-state index is 0.00984. The van der Waals surface area contributed by atoms with Crippen molar-refractivity contribution < 1.29 is 14.7 Å². The second kappa shape index (κ2) is 6.04. The summed E-state index contributed by atoms with van der Waals surface area (Å²) in [6.45, 7) is 13.0. The summed E-state index contributed by atoms with van der Waals surface area (Å²) >= 11 is 0. The molecule has 130 valence electrons. The van der Waals surface area contributed by atoms with E-state index in [0.29, 0.717) is 11.5 Å². The molecule has 0 bridgehead atoms. The number of allylic oxidation sites excluding steroid dienone is 1. The number of carbonyl (C=O) groups excluding carboxylic acids is 2. The Morgan fingerprint density at radius 1 is 1.04 bits per heavy atom. The summed E-state index contributed by atoms with van der Waals surface area (Å²) in [7, 11) is 0. The van der Waals surface area contributed by atoms with Crippen LogP contribution < -0.4 is 0 Å². The lowest BCUT2D eigenvalue weighted by atomic mass is 9.62. The van der Waals surface area contributed by atoms with Crippen molar-refractivity contribution in [3.63, 3.8) is 0 Å². The summed E-state index contributed by atoms with van der Waals surface area (Å²) in [5.74, 6) is 0.0137. The second-order valence-corrected chi connectivity index (χ2v) is 8.56. The molecule has 1 heterocycles. The number of nitrogens with zero attached hydrogens (tertiary/aromatic N) is 1. The fourth-order valence-electron chi connectivity index (χ4n) is 4.03. The topological polar surface area (TPSA) is 57.6 Å². The predicted octanol–water partition coefficient (Wildman–Crippen LogP) is 3.51. The van der Waals surface area contributed by atoms with Gasteiger partial charge in [0.05, 0.1) is 16.4 Å². The Labute approximate surface area is 139 Å². The molecule has 2 rings (SSSR count). The van der Waals surface area contributed by atoms with Crippen LogP contribution in [0.5, 0.6) is 0 Å². The highest BCUT2D eigenvalue weighted by molar-refractivity contribution is 6.19. The van der Waals surface area contributed by atoms with Crippen LogP contribution in [-0.4, -0.2) is 40.7 Å². The monoisotopic (exact) mass is 321 g/mol. The molecule has 0 aromatic heterocycles. The van der Waals surface area contributed by atoms with Crippen molar-refractivity contribution in [2.45, 2.75) is 66.8 Å². The molecule has 1 aliphatic carbocycles. The van der Waals surface area contributed by atoms with Crippen LogP contribution in [0.15, 0.2) is 11.3 Å². The fourth-order valence-corrected chi connectivity index (χ4v) is 4.03. The van der Waals surface area contributed by atoms with Crippen molar-refractivity contribution in [2.24, 2.45) is 16.7 Å². The molecule has 1 aliphatic heterocycles. The van der Waals surface area contributed by atoms with Crippen molar-refractivity contribution in [1.82, 2.24) is 4.90 Å². The van der Waals surface area contributed by atoms with Crippen LogP contribution in [0.25, 0.3) is 0 Å². The quantitative estimate of drug-likeness (QED) is 0.805. The number of carbonyl (C=O) groups is 2. The fraction of sp³-hybridized carbons (Fsp3) is 0.789. The number of rotatable bonds is 4. The van der Waals surface area contributed by atoms with Crippen molar-refractivity contribution >= 4 is 11.6 Å². The van der Waals surface area contributed by atoms with Crippen molar-refractivity contribution in [3.05, 3.63) is 11.3 Å². The van der Waals surface area contributed by atoms with Crippen molar-refractivity contribution in [2.75, 3.05) is 13.1 Å². The SMILES string of the molecule is CC(C)CC(C1=C(O)C(C)(C)C(=O)C(C)(C)C1=O)N1CCCC1. The summed E-state index contributed by atoms with van der Waals surface area (Å²) in [5, 5.41) is 10.8. The molecular weight excluding hydrogens is 290 g/mol. The van der Waals surface area contributed by atoms with Crippen LogP contribution in [0.4, 0.5) is 0 Å². The first-order valence-corrected chi connectivity index (χ1v) is 8.78. The predicted molar refractivity (Wildman–Crippen MR) is 91.3 cm³/mol. The third kappa shape index (κ3) is 2.98. The lowest BCUT2D eigenvalue weighted by Crippen LogP contribution is -2.53. The minimum Gasteiger partial charge on any atom is -0.511 e. The van der Waals surface area contributed by atoms with Gasteiger partial charge >= 0.3 is 0 Å². The van der Waals surface area contributed by atoms with Crippen LogP contribution >= 0.6 is 0 Å². The maximum absolute atomic E-state index is 13.1. The zero-order valence-corrected chi connectivity index (χ0v) is 15.4. The molecular formula is C19H31NO3. The van der Waals surface area contributed by atoms with E-state index in [1.165, 1.54) is 0 Å². The lowest BCUT2D eigenvalue weighted by Gasteiger charge is -2.42. The average Bonchev–Trinajstić information content (AvgIpc) is 2.97. The van der Waals surface area contributed by atoms with E-state index in [9.17, 15) is 14.7 Å². The highest BCUT2D eigenvalue weighted by Crippen LogP contribution is 2.45. The normalized spacial score (nSPS) is 26.2. The van der Waals surface area contributed by atoms with Gasteiger partial charge in [0.25, 0.3) is 0 Å². The molecule has 1 unspecified atom stereocenters. The molecule has 1 atom stereocenters. The minimum atomic E-state index is -1.07. The van der Waals surface area contributed by atoms with Gasteiger partial charge in [-0.05, 0) is 66.0 Å². The Kier molecular flexibility index (Phi) is 4.78. The van der Waals surface area contributed by atoms with Gasteiger partial charge in [0, 0.05) is 6.04 Å². The average molecular weight is 321 g/mol. The summed E-state index contributed by atoms with van der Waals surface area (Å²) in [6, 6.07) is -0.0864. The lowest BCUT2D eigenvalue weighted by molar-refractivity contribution is -0.145. The smallest absolute Gasteiger partial charge is 0.176 e. The molecule has 0 saturated carbocycles. The number of hydrogen-bond donors (Lipinski definition) is 1. The maximum Gasteiger partial charge on any atom is 0.176 e. The van der Waals surface area contributed by atoms with Crippen LogP contribution in [0.2, 0.25) is 0 Å². The number of aliphatic hydroxyl groups excluding tert-OH is 1. The summed E-state index contributed by atoms with van der Waals surface area (Å²) in [5.41, 5.74) is -1.59. The molecule has 0 radical (unpaired) electrons. The van der Waals surface area contributed by atoms with Crippen molar-refractivity contribution in [1.29, 1.82) is 0 Å². The number of Topliss-reactive ketones (excluding diaryl/α,β-unsaturated/α-hetero) is 2. The summed E-state index contributed by atoms with van der Waals surface area (Å²) < 4.78 is 0. The molecule has 1 N–H and O–H groups in total. The molecule has 0 aromatic carbocycles. The van der Waals surface area contributed by atoms with Crippen LogP contribution in [0.1, 0.15) is 60.8 Å². The third-order valence-corrected chi connectivity index (χ3v) is 5.40. The van der Waals surface area contributed by atoms with E-state index in [0.717, 1.165) is 32.4 Å². The number of aliphatic hydroxyl groups is 1. The second-order valence-electron chi connectivity index (χ2n) is 8.56. The van der Waals surface area contributed by atoms with E-state index in [1.807, 2.05) is 0 Å². The van der Waals surface area contributed by atoms with Gasteiger partial charge in [0.1, 0.15) is 5.76 Å². The molecule has 1 saturated heterocycles. The van der Waals surface area contributed by atoms with E-state index >= 15 is 0 Å². The van der Waals surface area contributed by atoms with Gasteiger partial charge < -0.3 is 5.11 Å². The molecule has 0 aromatic rings. The van der Waals surface area contributed by atoms with E-state index in [1.54, 1.807) is 27.7 Å². The van der Waals surface area contributed by atoms with Gasteiger partial charge in [-0.15, -0.1) is 0 Å². The van der Waals surface area contributed by atoms with Gasteiger partial charge in [-0.3, -0.25) is 14.5 Å². The van der Waals surface area contributed by atoms with Gasteiger partial charge in [-0.2, -0.15) is 0 Å². The Morgan fingerprint density at radius 3 is 2.04 bits per heavy atom. The van der Waals surface area contributed by atoms with E-state index in [2.05, 4.69) is 18.7 Å². The van der Waals surface area contributed by atoms with Crippen LogP contribution in [0.3, 0.4) is 0 Å². The standard InChI is InChI=1S/C19H31NO3/c1-12(2)11-13(20-9-7-8-10-20)14-15(21)18(3,4)17(23)19(5,6)16(14)22/h12-13,21H,7-11H2,1-6H3. The van der Waals surface area contributed by atoms with Crippen molar-refractivity contribution in [3.8, 4) is 0 Å². The zero-order chi connectivity index (χ0) is 17.6. The number of hydrogen-bond acceptors (Lipinski definition) is 4. The first-order valence-electron chi connectivity index (χ1n) is 8.78. The molecule has 23 heavy (non-hydrogen) atoms. The molecule has 2 aliphatic rings. The first kappa shape index (κ1) is 18.2. The van der Waals surface area contributed by atoms with Gasteiger partial charge in [-0.1, -0.05) is 13.8 Å². The van der Waals surface area contributed by atoms with E-state index < -0.39 is 10.8 Å². The summed E-state index contributed by atoms with van der Waals surface area (Å²) in [4.78, 5) is 28.1. The number of likely N-dealkylation sites (tertiary alicyclic amines) is 1. The highest BCUT2D eigenvalue weighted by Gasteiger charge is 2.54. The van der Waals surface area contributed by atoms with E-state index in [4.69, 9.17) is 0 Å². The maximum atomic E-state index is 13.1. The van der Waals surface area contributed by atoms with Gasteiger partial charge in [0.2, 0.25) is 0 Å². The van der Waals surface area contributed by atoms with Crippen LogP contribution in [-0.2, 0) is 9.59 Å². The Morgan fingerprint density at radius 2 is 1.57 bits per heavy atom. The van der Waals surface area contributed by atoms with Gasteiger partial charge in [-0.25, -0.2) is 0 Å². The van der Waals surface area contributed by atoms with E-state index in [-0.39, 0.29) is 23.4 Å². The Bertz CT molecular complexity index is 537. The van der Waals surface area contributed by atoms with Crippen LogP contribution in [0, 0.1) is 16.7 Å². The number of ketones is 2. The summed E-state index contributed by atoms with van der Waals surface area (Å²) in [6.07, 6.45) is 3.08. The third-order valence-electron chi connectivity index (χ3n) is 5.40. The molecule has 0 amide bonds. The molecule has 0 spiro atoms. The highest BCUT2D eigenvalue weighted by atomic mass is 16.3. The molecule has 1 fully saturated rings. The zero-order valence-electron chi connectivity index (χ0n) is 15.4. The van der Waals surface area contributed by atoms with Gasteiger partial charge in [0.15, 0.2) is 11.6 Å². The molecule has 4 nitrogen and oxygen atoms in total.